The Bertz CT molecular complexity index is 533. The third-order valence-electron chi connectivity index (χ3n) is 2.48. The minimum atomic E-state index is 0.199. The van der Waals surface area contributed by atoms with Crippen molar-refractivity contribution in [3.63, 3.8) is 0 Å². The Morgan fingerprint density at radius 2 is 2.26 bits per heavy atom. The molecule has 0 bridgehead atoms. The molecule has 6 heteroatoms. The van der Waals surface area contributed by atoms with Gasteiger partial charge in [-0.1, -0.05) is 24.6 Å². The molecule has 1 heterocycles. The van der Waals surface area contributed by atoms with Crippen molar-refractivity contribution in [2.75, 3.05) is 12.4 Å². The molecule has 2 aromatic rings. The highest BCUT2D eigenvalue weighted by Gasteiger charge is 2.09. The van der Waals surface area contributed by atoms with Crippen molar-refractivity contribution >= 4 is 23.4 Å². The van der Waals surface area contributed by atoms with Crippen molar-refractivity contribution in [1.82, 2.24) is 10.2 Å². The van der Waals surface area contributed by atoms with Gasteiger partial charge in [0.05, 0.1) is 5.75 Å². The fraction of sp³-hybridized carbons (Fsp3) is 0.385. The third kappa shape index (κ3) is 4.23. The van der Waals surface area contributed by atoms with Crippen LogP contribution in [0.3, 0.4) is 0 Å². The zero-order chi connectivity index (χ0) is 13.7. The van der Waals surface area contributed by atoms with Crippen LogP contribution in [0.4, 0.5) is 0 Å². The molecule has 4 nitrogen and oxygen atoms in total. The smallest absolute Gasteiger partial charge is 0.247 e. The number of hydrogen-bond acceptors (Lipinski definition) is 5. The number of aliphatic hydroxyl groups excluding tert-OH is 1. The molecule has 0 amide bonds. The number of rotatable bonds is 6. The van der Waals surface area contributed by atoms with Crippen molar-refractivity contribution < 1.29 is 9.52 Å². The topological polar surface area (TPSA) is 59.2 Å². The number of nitrogens with zero attached hydrogens (tertiary/aromatic N) is 2. The van der Waals surface area contributed by atoms with E-state index in [-0.39, 0.29) is 12.5 Å². The first-order chi connectivity index (χ1) is 9.19. The average Bonchev–Trinajstić information content (AvgIpc) is 2.87. The first kappa shape index (κ1) is 14.4. The van der Waals surface area contributed by atoms with Gasteiger partial charge in [-0.2, -0.15) is 11.8 Å². The SMILES string of the molecule is C[C@@H](CO)CSCc1nnc(-c2cccc(Cl)c2)o1. The summed E-state index contributed by atoms with van der Waals surface area (Å²) in [5.41, 5.74) is 0.819. The lowest BCUT2D eigenvalue weighted by atomic mass is 10.2. The normalized spacial score (nSPS) is 12.6. The van der Waals surface area contributed by atoms with E-state index in [1.807, 2.05) is 19.1 Å². The van der Waals surface area contributed by atoms with Gasteiger partial charge in [0, 0.05) is 17.2 Å². The van der Waals surface area contributed by atoms with E-state index in [0.717, 1.165) is 11.3 Å². The van der Waals surface area contributed by atoms with Gasteiger partial charge in [-0.25, -0.2) is 0 Å². The average molecular weight is 299 g/mol. The van der Waals surface area contributed by atoms with Crippen LogP contribution in [0.1, 0.15) is 12.8 Å². The fourth-order valence-corrected chi connectivity index (χ4v) is 2.56. The summed E-state index contributed by atoms with van der Waals surface area (Å²) < 4.78 is 5.58. The van der Waals surface area contributed by atoms with Gasteiger partial charge >= 0.3 is 0 Å². The minimum Gasteiger partial charge on any atom is -0.420 e. The highest BCUT2D eigenvalue weighted by atomic mass is 35.5. The van der Waals surface area contributed by atoms with Crippen molar-refractivity contribution in [3.8, 4) is 11.5 Å². The van der Waals surface area contributed by atoms with Crippen molar-refractivity contribution in [1.29, 1.82) is 0 Å². The molecule has 0 saturated carbocycles. The second-order valence-corrected chi connectivity index (χ2v) is 5.78. The summed E-state index contributed by atoms with van der Waals surface area (Å²) in [6, 6.07) is 7.32. The number of thioether (sulfide) groups is 1. The van der Waals surface area contributed by atoms with Gasteiger partial charge < -0.3 is 9.52 Å². The van der Waals surface area contributed by atoms with Gasteiger partial charge in [-0.15, -0.1) is 10.2 Å². The molecule has 0 unspecified atom stereocenters. The molecular formula is C13H15ClN2O2S. The molecule has 102 valence electrons. The maximum Gasteiger partial charge on any atom is 0.247 e. The van der Waals surface area contributed by atoms with E-state index < -0.39 is 0 Å². The highest BCUT2D eigenvalue weighted by Crippen LogP contribution is 2.23. The Morgan fingerprint density at radius 3 is 3.00 bits per heavy atom. The van der Waals surface area contributed by atoms with Crippen molar-refractivity contribution in [2.45, 2.75) is 12.7 Å². The molecule has 1 aromatic heterocycles. The molecule has 0 aliphatic heterocycles. The lowest BCUT2D eigenvalue weighted by molar-refractivity contribution is 0.250. The monoisotopic (exact) mass is 298 g/mol. The number of halogens is 1. The highest BCUT2D eigenvalue weighted by molar-refractivity contribution is 7.98. The van der Waals surface area contributed by atoms with E-state index in [9.17, 15) is 0 Å². The summed E-state index contributed by atoms with van der Waals surface area (Å²) in [5, 5.41) is 17.6. The Balaban J connectivity index is 1.95. The first-order valence-electron chi connectivity index (χ1n) is 5.96. The van der Waals surface area contributed by atoms with E-state index in [1.165, 1.54) is 0 Å². The van der Waals surface area contributed by atoms with Crippen LogP contribution in [0.15, 0.2) is 28.7 Å². The molecule has 2 rings (SSSR count). The Labute approximate surface area is 121 Å². The Morgan fingerprint density at radius 1 is 1.42 bits per heavy atom. The Hall–Kier alpha value is -1.04. The molecular weight excluding hydrogens is 284 g/mol. The number of hydrogen-bond donors (Lipinski definition) is 1. The van der Waals surface area contributed by atoms with E-state index in [4.69, 9.17) is 21.1 Å². The third-order valence-corrected chi connectivity index (χ3v) is 3.97. The van der Waals surface area contributed by atoms with Gasteiger partial charge in [0.2, 0.25) is 11.8 Å². The standard InChI is InChI=1S/C13H15ClN2O2S/c1-9(6-17)7-19-8-12-15-16-13(18-12)10-3-2-4-11(14)5-10/h2-5,9,17H,6-8H2,1H3/t9-/m0/s1. The summed E-state index contributed by atoms with van der Waals surface area (Å²) in [7, 11) is 0. The largest absolute Gasteiger partial charge is 0.420 e. The van der Waals surface area contributed by atoms with Crippen LogP contribution in [0.25, 0.3) is 11.5 Å². The van der Waals surface area contributed by atoms with Gasteiger partial charge in [-0.05, 0) is 29.9 Å². The zero-order valence-corrected chi connectivity index (χ0v) is 12.1. The molecule has 0 radical (unpaired) electrons. The maximum atomic E-state index is 8.93. The second-order valence-electron chi connectivity index (χ2n) is 4.31. The van der Waals surface area contributed by atoms with Crippen LogP contribution in [-0.4, -0.2) is 27.7 Å². The van der Waals surface area contributed by atoms with Crippen LogP contribution in [0, 0.1) is 5.92 Å². The van der Waals surface area contributed by atoms with E-state index >= 15 is 0 Å². The summed E-state index contributed by atoms with van der Waals surface area (Å²) in [5.74, 6) is 2.86. The van der Waals surface area contributed by atoms with Crippen LogP contribution in [-0.2, 0) is 5.75 Å². The molecule has 19 heavy (non-hydrogen) atoms. The lowest BCUT2D eigenvalue weighted by Crippen LogP contribution is -2.03. The zero-order valence-electron chi connectivity index (χ0n) is 10.5. The molecule has 1 N–H and O–H groups in total. The first-order valence-corrected chi connectivity index (χ1v) is 7.49. The van der Waals surface area contributed by atoms with Gasteiger partial charge in [0.25, 0.3) is 0 Å². The van der Waals surface area contributed by atoms with Crippen LogP contribution >= 0.6 is 23.4 Å². The molecule has 0 aliphatic carbocycles. The second kappa shape index (κ2) is 6.93. The summed E-state index contributed by atoms with van der Waals surface area (Å²) >= 11 is 7.59. The van der Waals surface area contributed by atoms with Crippen LogP contribution in [0.5, 0.6) is 0 Å². The summed E-state index contributed by atoms with van der Waals surface area (Å²) in [6.45, 7) is 2.20. The summed E-state index contributed by atoms with van der Waals surface area (Å²) in [4.78, 5) is 0. The van der Waals surface area contributed by atoms with E-state index in [0.29, 0.717) is 22.6 Å². The lowest BCUT2D eigenvalue weighted by Gasteiger charge is -2.04. The summed E-state index contributed by atoms with van der Waals surface area (Å²) in [6.07, 6.45) is 0. The molecule has 0 aliphatic rings. The number of aromatic nitrogens is 2. The van der Waals surface area contributed by atoms with Crippen molar-refractivity contribution in [2.24, 2.45) is 5.92 Å². The van der Waals surface area contributed by atoms with Crippen LogP contribution < -0.4 is 0 Å². The van der Waals surface area contributed by atoms with E-state index in [1.54, 1.807) is 23.9 Å². The van der Waals surface area contributed by atoms with Crippen molar-refractivity contribution in [3.05, 3.63) is 35.2 Å². The molecule has 0 saturated heterocycles. The number of aliphatic hydroxyl groups is 1. The number of benzene rings is 1. The predicted molar refractivity (Wildman–Crippen MR) is 77.2 cm³/mol. The Kier molecular flexibility index (Phi) is 5.24. The quantitative estimate of drug-likeness (QED) is 0.887. The van der Waals surface area contributed by atoms with E-state index in [2.05, 4.69) is 10.2 Å². The molecule has 0 spiro atoms. The molecule has 0 fully saturated rings. The predicted octanol–water partition coefficient (Wildman–Crippen LogP) is 3.25. The fourth-order valence-electron chi connectivity index (χ4n) is 1.45. The molecule has 1 atom stereocenters. The van der Waals surface area contributed by atoms with Crippen LogP contribution in [0.2, 0.25) is 5.02 Å². The molecule has 1 aromatic carbocycles. The van der Waals surface area contributed by atoms with Gasteiger partial charge in [-0.3, -0.25) is 0 Å². The van der Waals surface area contributed by atoms with Gasteiger partial charge in [0.15, 0.2) is 0 Å². The minimum absolute atomic E-state index is 0.199. The maximum absolute atomic E-state index is 8.93. The van der Waals surface area contributed by atoms with Gasteiger partial charge in [0.1, 0.15) is 0 Å².